The average Bonchev–Trinajstić information content (AvgIpc) is 3.53. The second-order valence-corrected chi connectivity index (χ2v) is 10.6. The van der Waals surface area contributed by atoms with Crippen LogP contribution in [0, 0.1) is 0 Å². The number of rotatable bonds is 9. The van der Waals surface area contributed by atoms with Gasteiger partial charge in [-0.15, -0.1) is 0 Å². The number of amides is 1. The molecule has 1 fully saturated rings. The number of hydrogen-bond acceptors (Lipinski definition) is 5. The Morgan fingerprint density at radius 2 is 1.77 bits per heavy atom. The fourth-order valence-electron chi connectivity index (χ4n) is 5.61. The molecule has 0 radical (unpaired) electrons. The third-order valence-electron chi connectivity index (χ3n) is 7.59. The summed E-state index contributed by atoms with van der Waals surface area (Å²) in [5.41, 5.74) is 4.17. The summed E-state index contributed by atoms with van der Waals surface area (Å²) in [4.78, 5) is 20.0. The summed E-state index contributed by atoms with van der Waals surface area (Å²) in [5.74, 6) is 3.93. The minimum atomic E-state index is 0.0206. The SMILES string of the molecule is CC(C)c1ccccc1OCCCCn1c(C2CC(=O)N(c3ccc4c(c3)OCCO4)C2)nc2ccccc21. The molecule has 6 rings (SSSR count). The first-order valence-corrected chi connectivity index (χ1v) is 14.0. The number of unbranched alkanes of at least 4 members (excludes halogenated alkanes) is 1. The maximum atomic E-state index is 13.2. The van der Waals surface area contributed by atoms with Crippen molar-refractivity contribution in [1.82, 2.24) is 9.55 Å². The lowest BCUT2D eigenvalue weighted by molar-refractivity contribution is -0.117. The average molecular weight is 526 g/mol. The van der Waals surface area contributed by atoms with E-state index in [0.717, 1.165) is 53.4 Å². The normalized spacial score (nSPS) is 16.8. The first-order valence-electron chi connectivity index (χ1n) is 14.0. The topological polar surface area (TPSA) is 65.8 Å². The van der Waals surface area contributed by atoms with E-state index >= 15 is 0 Å². The van der Waals surface area contributed by atoms with Crippen molar-refractivity contribution in [3.8, 4) is 17.2 Å². The Morgan fingerprint density at radius 3 is 2.64 bits per heavy atom. The summed E-state index contributed by atoms with van der Waals surface area (Å²) >= 11 is 0. The lowest BCUT2D eigenvalue weighted by Crippen LogP contribution is -2.25. The molecular formula is C32H35N3O4. The van der Waals surface area contributed by atoms with Gasteiger partial charge in [0.25, 0.3) is 0 Å². The number of para-hydroxylation sites is 3. The largest absolute Gasteiger partial charge is 0.493 e. The third kappa shape index (κ3) is 5.18. The van der Waals surface area contributed by atoms with Gasteiger partial charge in [0.15, 0.2) is 11.5 Å². The molecule has 1 unspecified atom stereocenters. The van der Waals surface area contributed by atoms with Crippen molar-refractivity contribution in [2.75, 3.05) is 31.3 Å². The smallest absolute Gasteiger partial charge is 0.227 e. The molecule has 0 bridgehead atoms. The highest BCUT2D eigenvalue weighted by Crippen LogP contribution is 2.38. The number of carbonyl (C=O) groups is 1. The Labute approximate surface area is 229 Å². The summed E-state index contributed by atoms with van der Waals surface area (Å²) in [7, 11) is 0. The molecule has 4 aromatic rings. The van der Waals surface area contributed by atoms with Gasteiger partial charge in [-0.2, -0.15) is 0 Å². The first-order chi connectivity index (χ1) is 19.1. The van der Waals surface area contributed by atoms with E-state index in [1.54, 1.807) is 0 Å². The minimum absolute atomic E-state index is 0.0206. The van der Waals surface area contributed by atoms with Gasteiger partial charge in [-0.05, 0) is 54.7 Å². The van der Waals surface area contributed by atoms with Crippen LogP contribution in [0.3, 0.4) is 0 Å². The fourth-order valence-corrected chi connectivity index (χ4v) is 5.61. The Balaban J connectivity index is 1.16. The van der Waals surface area contributed by atoms with Crippen LogP contribution >= 0.6 is 0 Å². The van der Waals surface area contributed by atoms with E-state index in [4.69, 9.17) is 19.2 Å². The molecule has 7 heteroatoms. The van der Waals surface area contributed by atoms with Crippen molar-refractivity contribution in [3.05, 3.63) is 78.1 Å². The van der Waals surface area contributed by atoms with Crippen LogP contribution in [-0.4, -0.2) is 41.8 Å². The van der Waals surface area contributed by atoms with Crippen molar-refractivity contribution in [3.63, 3.8) is 0 Å². The van der Waals surface area contributed by atoms with Crippen LogP contribution in [0.25, 0.3) is 11.0 Å². The van der Waals surface area contributed by atoms with Gasteiger partial charge in [0.2, 0.25) is 5.91 Å². The second kappa shape index (κ2) is 11.0. The predicted octanol–water partition coefficient (Wildman–Crippen LogP) is 6.31. The van der Waals surface area contributed by atoms with E-state index in [1.165, 1.54) is 5.56 Å². The van der Waals surface area contributed by atoms with Crippen molar-refractivity contribution < 1.29 is 19.0 Å². The zero-order valence-corrected chi connectivity index (χ0v) is 22.6. The van der Waals surface area contributed by atoms with Crippen LogP contribution in [0.1, 0.15) is 56.3 Å². The number of aromatic nitrogens is 2. The van der Waals surface area contributed by atoms with Crippen molar-refractivity contribution >= 4 is 22.6 Å². The van der Waals surface area contributed by atoms with E-state index in [1.807, 2.05) is 35.2 Å². The van der Waals surface area contributed by atoms with Gasteiger partial charge < -0.3 is 23.7 Å². The summed E-state index contributed by atoms with van der Waals surface area (Å²) in [6, 6.07) is 22.3. The molecule has 3 aromatic carbocycles. The number of aryl methyl sites for hydroxylation is 1. The maximum absolute atomic E-state index is 13.2. The lowest BCUT2D eigenvalue weighted by atomic mass is 10.0. The zero-order chi connectivity index (χ0) is 26.8. The Kier molecular flexibility index (Phi) is 7.14. The molecule has 1 amide bonds. The molecular weight excluding hydrogens is 490 g/mol. The molecule has 2 aliphatic heterocycles. The number of imidazole rings is 1. The molecule has 1 atom stereocenters. The van der Waals surface area contributed by atoms with Crippen molar-refractivity contribution in [2.24, 2.45) is 0 Å². The summed E-state index contributed by atoms with van der Waals surface area (Å²) in [5, 5.41) is 0. The zero-order valence-electron chi connectivity index (χ0n) is 22.6. The van der Waals surface area contributed by atoms with Gasteiger partial charge in [-0.25, -0.2) is 4.98 Å². The summed E-state index contributed by atoms with van der Waals surface area (Å²) in [6.07, 6.45) is 2.34. The maximum Gasteiger partial charge on any atom is 0.227 e. The highest BCUT2D eigenvalue weighted by atomic mass is 16.6. The molecule has 39 heavy (non-hydrogen) atoms. The first kappa shape index (κ1) is 25.3. The standard InChI is InChI=1S/C32H35N3O4/c1-22(2)25-9-3-6-12-28(25)37-16-8-7-15-34-27-11-5-4-10-26(27)33-32(34)23-19-31(36)35(21-23)24-13-14-29-30(20-24)39-18-17-38-29/h3-6,9-14,20,22-23H,7-8,15-19,21H2,1-2H3. The van der Waals surface area contributed by atoms with Crippen LogP contribution in [0.2, 0.25) is 0 Å². The van der Waals surface area contributed by atoms with Gasteiger partial charge in [0.05, 0.1) is 17.6 Å². The van der Waals surface area contributed by atoms with Crippen LogP contribution in [-0.2, 0) is 11.3 Å². The van der Waals surface area contributed by atoms with Crippen molar-refractivity contribution in [1.29, 1.82) is 0 Å². The van der Waals surface area contributed by atoms with Crippen LogP contribution in [0.4, 0.5) is 5.69 Å². The molecule has 202 valence electrons. The molecule has 0 spiro atoms. The summed E-state index contributed by atoms with van der Waals surface area (Å²) < 4.78 is 19.9. The van der Waals surface area contributed by atoms with Crippen LogP contribution in [0.5, 0.6) is 17.2 Å². The van der Waals surface area contributed by atoms with Gasteiger partial charge in [-0.3, -0.25) is 4.79 Å². The predicted molar refractivity (Wildman–Crippen MR) is 152 cm³/mol. The number of nitrogens with zero attached hydrogens (tertiary/aromatic N) is 3. The van der Waals surface area contributed by atoms with Crippen LogP contribution in [0.15, 0.2) is 66.7 Å². The molecule has 1 aromatic heterocycles. The highest BCUT2D eigenvalue weighted by Gasteiger charge is 2.35. The number of ether oxygens (including phenoxy) is 3. The minimum Gasteiger partial charge on any atom is -0.493 e. The van der Waals surface area contributed by atoms with Gasteiger partial charge in [0, 0.05) is 37.2 Å². The van der Waals surface area contributed by atoms with E-state index in [0.29, 0.717) is 44.5 Å². The van der Waals surface area contributed by atoms with E-state index in [2.05, 4.69) is 54.8 Å². The van der Waals surface area contributed by atoms with Gasteiger partial charge >= 0.3 is 0 Å². The molecule has 0 N–H and O–H groups in total. The Morgan fingerprint density at radius 1 is 0.974 bits per heavy atom. The molecule has 2 aliphatic rings. The van der Waals surface area contributed by atoms with E-state index in [-0.39, 0.29) is 11.8 Å². The third-order valence-corrected chi connectivity index (χ3v) is 7.59. The summed E-state index contributed by atoms with van der Waals surface area (Å²) in [6.45, 7) is 7.55. The lowest BCUT2D eigenvalue weighted by Gasteiger charge is -2.22. The Bertz CT molecular complexity index is 1480. The van der Waals surface area contributed by atoms with E-state index < -0.39 is 0 Å². The van der Waals surface area contributed by atoms with Gasteiger partial charge in [0.1, 0.15) is 24.8 Å². The van der Waals surface area contributed by atoms with Crippen molar-refractivity contribution in [2.45, 2.75) is 51.5 Å². The second-order valence-electron chi connectivity index (χ2n) is 10.6. The van der Waals surface area contributed by atoms with Gasteiger partial charge in [-0.1, -0.05) is 44.2 Å². The molecule has 0 saturated carbocycles. The highest BCUT2D eigenvalue weighted by molar-refractivity contribution is 5.97. The number of benzene rings is 3. The van der Waals surface area contributed by atoms with E-state index in [9.17, 15) is 4.79 Å². The molecule has 3 heterocycles. The monoisotopic (exact) mass is 525 g/mol. The number of anilines is 1. The number of fused-ring (bicyclic) bond motifs is 2. The fraction of sp³-hybridized carbons (Fsp3) is 0.375. The number of carbonyl (C=O) groups excluding carboxylic acids is 1. The molecule has 0 aliphatic carbocycles. The molecule has 7 nitrogen and oxygen atoms in total. The number of hydrogen-bond donors (Lipinski definition) is 0. The van der Waals surface area contributed by atoms with Crippen LogP contribution < -0.4 is 19.1 Å². The quantitative estimate of drug-likeness (QED) is 0.240. The Hall–Kier alpha value is -4.00. The molecule has 1 saturated heterocycles.